The van der Waals surface area contributed by atoms with Crippen molar-refractivity contribution in [3.63, 3.8) is 0 Å². The molecule has 4 rings (SSSR count). The van der Waals surface area contributed by atoms with Gasteiger partial charge in [0.15, 0.2) is 0 Å². The molecule has 0 saturated carbocycles. The fourth-order valence-corrected chi connectivity index (χ4v) is 2.22. The van der Waals surface area contributed by atoms with Gasteiger partial charge in [0, 0.05) is 0 Å². The molecular weight excluding hydrogens is 324 g/mol. The molecule has 0 saturated heterocycles. The Morgan fingerprint density at radius 2 is 1.04 bits per heavy atom. The van der Waals surface area contributed by atoms with Gasteiger partial charge < -0.3 is 0 Å². The van der Waals surface area contributed by atoms with Crippen LogP contribution in [0.5, 0.6) is 0 Å². The van der Waals surface area contributed by atoms with Crippen molar-refractivity contribution in [1.29, 1.82) is 0 Å². The summed E-state index contributed by atoms with van der Waals surface area (Å²) in [5.74, 6) is 0. The zero-order valence-corrected chi connectivity index (χ0v) is 15.4. The summed E-state index contributed by atoms with van der Waals surface area (Å²) < 4.78 is 0. The smallest absolute Gasteiger partial charge is 0.184 e. The summed E-state index contributed by atoms with van der Waals surface area (Å²) in [5, 5.41) is 0. The van der Waals surface area contributed by atoms with Crippen LogP contribution in [0.1, 0.15) is 19.3 Å². The largest absolute Gasteiger partial charge is 2.00 e. The molecule has 24 heavy (non-hydrogen) atoms. The third-order valence-corrected chi connectivity index (χ3v) is 3.36. The van der Waals surface area contributed by atoms with E-state index in [0.717, 1.165) is 12.8 Å². The summed E-state index contributed by atoms with van der Waals surface area (Å²) in [6.45, 7) is 0. The Morgan fingerprint density at radius 3 is 1.25 bits per heavy atom. The van der Waals surface area contributed by atoms with Crippen LogP contribution in [-0.2, 0) is 21.7 Å². The zero-order valence-electron chi connectivity index (χ0n) is 13.9. The van der Waals surface area contributed by atoms with Crippen molar-refractivity contribution in [3.05, 3.63) is 120 Å². The maximum absolute atomic E-state index is 2.89. The Kier molecular flexibility index (Phi) is 11.4. The molecule has 0 amide bonds. The zero-order chi connectivity index (χ0) is 16.0. The minimum absolute atomic E-state index is 0. The Morgan fingerprint density at radius 1 is 0.625 bits per heavy atom. The van der Waals surface area contributed by atoms with Gasteiger partial charge in [-0.1, -0.05) is 47.6 Å². The summed E-state index contributed by atoms with van der Waals surface area (Å²) in [4.78, 5) is 0. The normalized spacial score (nSPS) is 13.5. The molecule has 0 aromatic heterocycles. The van der Waals surface area contributed by atoms with Crippen LogP contribution in [0.3, 0.4) is 0 Å². The molecule has 118 valence electrons. The van der Waals surface area contributed by atoms with Gasteiger partial charge in [0.2, 0.25) is 0 Å². The molecule has 0 atom stereocenters. The summed E-state index contributed by atoms with van der Waals surface area (Å²) >= 11 is 0. The van der Waals surface area contributed by atoms with Crippen molar-refractivity contribution < 1.29 is 21.7 Å². The number of rotatable bonds is 2. The van der Waals surface area contributed by atoms with Gasteiger partial charge in [-0.3, -0.25) is 0 Å². The Balaban J connectivity index is 0.000000191. The quantitative estimate of drug-likeness (QED) is 0.454. The molecule has 0 aliphatic heterocycles. The van der Waals surface area contributed by atoms with Crippen LogP contribution in [0.15, 0.2) is 108 Å². The first-order valence-corrected chi connectivity index (χ1v) is 7.96. The van der Waals surface area contributed by atoms with Gasteiger partial charge in [-0.25, -0.2) is 0 Å². The first-order valence-electron chi connectivity index (χ1n) is 7.96. The van der Waals surface area contributed by atoms with E-state index in [0.29, 0.717) is 0 Å². The SMILES string of the molecule is C1=CCC(CC2=CC=CC2)=C1.[Ti+2].[c-]1ccccc1.[c-]1ccccc1. The molecule has 2 aromatic carbocycles. The summed E-state index contributed by atoms with van der Waals surface area (Å²) in [6.07, 6.45) is 16.7. The summed E-state index contributed by atoms with van der Waals surface area (Å²) in [6, 6.07) is 25.0. The van der Waals surface area contributed by atoms with E-state index in [-0.39, 0.29) is 21.7 Å². The Hall–Kier alpha value is -1.89. The predicted octanol–water partition coefficient (Wildman–Crippen LogP) is 6.12. The average Bonchev–Trinajstić information content (AvgIpc) is 3.34. The van der Waals surface area contributed by atoms with Crippen molar-refractivity contribution in [3.8, 4) is 0 Å². The van der Waals surface area contributed by atoms with Gasteiger partial charge in [-0.05, 0) is 19.3 Å². The minimum atomic E-state index is 0. The van der Waals surface area contributed by atoms with E-state index < -0.39 is 0 Å². The molecule has 0 spiro atoms. The standard InChI is InChI=1S/C11H12.2C6H5.Ti/c1-2-6-10(5-1)9-11-7-3-4-8-11;2*1-2-4-6-5-3-1;/h1-5,7H,6,8-9H2;2*1-5H;/q;2*-1;+2. The minimum Gasteiger partial charge on any atom is -0.184 e. The molecule has 1 heteroatoms. The first kappa shape index (κ1) is 20.2. The van der Waals surface area contributed by atoms with E-state index in [9.17, 15) is 0 Å². The van der Waals surface area contributed by atoms with Crippen LogP contribution in [-0.4, -0.2) is 0 Å². The van der Waals surface area contributed by atoms with Crippen LogP contribution >= 0.6 is 0 Å². The Bertz CT molecular complexity index is 536. The van der Waals surface area contributed by atoms with Crippen molar-refractivity contribution in [2.45, 2.75) is 19.3 Å². The fraction of sp³-hybridized carbons (Fsp3) is 0.130. The maximum Gasteiger partial charge on any atom is 2.00 e. The summed E-state index contributed by atoms with van der Waals surface area (Å²) in [7, 11) is 0. The summed E-state index contributed by atoms with van der Waals surface area (Å²) in [5.41, 5.74) is 3.11. The Labute approximate surface area is 161 Å². The van der Waals surface area contributed by atoms with Crippen LogP contribution < -0.4 is 0 Å². The fourth-order valence-electron chi connectivity index (χ4n) is 2.22. The molecule has 0 N–H and O–H groups in total. The van der Waals surface area contributed by atoms with Crippen molar-refractivity contribution >= 4 is 0 Å². The van der Waals surface area contributed by atoms with Gasteiger partial charge >= 0.3 is 21.7 Å². The third-order valence-electron chi connectivity index (χ3n) is 3.36. The van der Waals surface area contributed by atoms with Gasteiger partial charge in [-0.15, -0.1) is 0 Å². The maximum atomic E-state index is 2.89. The third kappa shape index (κ3) is 9.30. The number of benzene rings is 2. The number of hydrogen-bond acceptors (Lipinski definition) is 0. The van der Waals surface area contributed by atoms with E-state index in [1.807, 2.05) is 60.7 Å². The molecule has 0 fully saturated rings. The van der Waals surface area contributed by atoms with E-state index in [1.165, 1.54) is 6.42 Å². The molecule has 0 bridgehead atoms. The van der Waals surface area contributed by atoms with E-state index >= 15 is 0 Å². The van der Waals surface area contributed by atoms with Crippen molar-refractivity contribution in [2.75, 3.05) is 0 Å². The van der Waals surface area contributed by atoms with E-state index in [2.05, 4.69) is 48.6 Å². The van der Waals surface area contributed by atoms with E-state index in [4.69, 9.17) is 0 Å². The van der Waals surface area contributed by atoms with Crippen LogP contribution in [0.4, 0.5) is 0 Å². The van der Waals surface area contributed by atoms with Gasteiger partial charge in [0.1, 0.15) is 0 Å². The van der Waals surface area contributed by atoms with E-state index in [1.54, 1.807) is 11.1 Å². The molecule has 2 aliphatic carbocycles. The van der Waals surface area contributed by atoms with Gasteiger partial charge in [-0.2, -0.15) is 72.8 Å². The van der Waals surface area contributed by atoms with Crippen molar-refractivity contribution in [1.82, 2.24) is 0 Å². The second kappa shape index (κ2) is 13.5. The molecule has 0 heterocycles. The number of allylic oxidation sites excluding steroid dienone is 8. The molecule has 2 aliphatic rings. The molecule has 2 aromatic rings. The first-order chi connectivity index (χ1) is 11.4. The van der Waals surface area contributed by atoms with Crippen LogP contribution in [0.2, 0.25) is 0 Å². The molecule has 0 unspecified atom stereocenters. The topological polar surface area (TPSA) is 0 Å². The van der Waals surface area contributed by atoms with Crippen molar-refractivity contribution in [2.24, 2.45) is 0 Å². The van der Waals surface area contributed by atoms with Gasteiger partial charge in [0.05, 0.1) is 0 Å². The second-order valence-electron chi connectivity index (χ2n) is 5.25. The predicted molar refractivity (Wildman–Crippen MR) is 98.9 cm³/mol. The van der Waals surface area contributed by atoms with Gasteiger partial charge in [0.25, 0.3) is 0 Å². The average molecular weight is 346 g/mol. The second-order valence-corrected chi connectivity index (χ2v) is 5.25. The van der Waals surface area contributed by atoms with Crippen LogP contribution in [0, 0.1) is 12.1 Å². The molecular formula is C23H22Ti. The molecule has 0 radical (unpaired) electrons. The number of hydrogen-bond donors (Lipinski definition) is 0. The van der Waals surface area contributed by atoms with Crippen LogP contribution in [0.25, 0.3) is 0 Å². The monoisotopic (exact) mass is 346 g/mol. The molecule has 0 nitrogen and oxygen atoms in total.